The molecule has 118 valence electrons. The fraction of sp³-hybridized carbons (Fsp3) is 0. The second kappa shape index (κ2) is 5.06. The Morgan fingerprint density at radius 2 is 0.800 bits per heavy atom. The van der Waals surface area contributed by atoms with E-state index in [0.717, 1.165) is 0 Å². The minimum Gasteiger partial charge on any atom is -0.396 e. The number of fused-ring (bicyclic) bond motifs is 4. The van der Waals surface area contributed by atoms with E-state index in [9.17, 15) is 0 Å². The van der Waals surface area contributed by atoms with Gasteiger partial charge in [0.05, 0.1) is 5.70 Å². The Labute approximate surface area is 141 Å². The van der Waals surface area contributed by atoms with Gasteiger partial charge in [0.15, 0.2) is 46.7 Å². The lowest BCUT2D eigenvalue weighted by Crippen LogP contribution is -2.07. The van der Waals surface area contributed by atoms with Gasteiger partial charge in [-0.2, -0.15) is 0 Å². The summed E-state index contributed by atoms with van der Waals surface area (Å²) in [6.45, 7) is 0. The molecule has 0 saturated heterocycles. The minimum absolute atomic E-state index is 0.362. The summed E-state index contributed by atoms with van der Waals surface area (Å²) in [5.41, 5.74) is 6.38. The van der Waals surface area contributed by atoms with E-state index in [1.165, 1.54) is 0 Å². The first kappa shape index (κ1) is 13.5. The Balaban J connectivity index is 1.66. The number of nitrogens with zero attached hydrogens (tertiary/aromatic N) is 8. The van der Waals surface area contributed by atoms with Crippen molar-refractivity contribution in [3.63, 3.8) is 0 Å². The van der Waals surface area contributed by atoms with Crippen molar-refractivity contribution in [1.29, 1.82) is 0 Å². The SMILES string of the molecule is NC1=CC2=NC3=NC(=NC4=NC(=NC5=NC(=NC1=N2)C=C5)C=C4)C=C3. The summed E-state index contributed by atoms with van der Waals surface area (Å²) in [7, 11) is 0. The van der Waals surface area contributed by atoms with Crippen molar-refractivity contribution in [2.75, 3.05) is 0 Å². The van der Waals surface area contributed by atoms with Gasteiger partial charge in [0, 0.05) is 6.08 Å². The van der Waals surface area contributed by atoms with Gasteiger partial charge in [0.25, 0.3) is 0 Å². The van der Waals surface area contributed by atoms with Crippen molar-refractivity contribution in [2.24, 2.45) is 45.7 Å². The third-order valence-corrected chi connectivity index (χ3v) is 3.50. The molecule has 0 atom stereocenters. The average molecular weight is 327 g/mol. The van der Waals surface area contributed by atoms with Crippen molar-refractivity contribution in [3.05, 3.63) is 48.2 Å². The Hall–Kier alpha value is -3.88. The van der Waals surface area contributed by atoms with Crippen molar-refractivity contribution in [1.82, 2.24) is 0 Å². The van der Waals surface area contributed by atoms with Crippen LogP contribution in [0, 0.1) is 0 Å². The molecule has 5 aliphatic rings. The number of nitrogens with two attached hydrogens (primary N) is 1. The highest BCUT2D eigenvalue weighted by Crippen LogP contribution is 2.12. The first-order valence-corrected chi connectivity index (χ1v) is 7.43. The molecule has 5 aliphatic heterocycles. The summed E-state index contributed by atoms with van der Waals surface area (Å²) in [5.74, 6) is 3.78. The molecule has 9 heteroatoms. The van der Waals surface area contributed by atoms with Crippen molar-refractivity contribution >= 4 is 46.7 Å². The van der Waals surface area contributed by atoms with Crippen LogP contribution in [0.25, 0.3) is 0 Å². The highest BCUT2D eigenvalue weighted by molar-refractivity contribution is 6.28. The normalized spacial score (nSPS) is 22.6. The van der Waals surface area contributed by atoms with Gasteiger partial charge >= 0.3 is 0 Å². The molecule has 5 heterocycles. The molecule has 0 amide bonds. The largest absolute Gasteiger partial charge is 0.396 e. The molecule has 0 aromatic heterocycles. The zero-order chi connectivity index (χ0) is 16.8. The number of hydrogen-bond donors (Lipinski definition) is 1. The van der Waals surface area contributed by atoms with Crippen LogP contribution < -0.4 is 5.73 Å². The van der Waals surface area contributed by atoms with Crippen LogP contribution in [0.4, 0.5) is 0 Å². The van der Waals surface area contributed by atoms with Crippen LogP contribution in [0.5, 0.6) is 0 Å². The van der Waals surface area contributed by atoms with Crippen LogP contribution in [0.3, 0.4) is 0 Å². The highest BCUT2D eigenvalue weighted by Gasteiger charge is 2.17. The van der Waals surface area contributed by atoms with Gasteiger partial charge in [-0.15, -0.1) is 0 Å². The van der Waals surface area contributed by atoms with Crippen LogP contribution in [-0.4, -0.2) is 46.7 Å². The first-order chi connectivity index (χ1) is 12.2. The maximum absolute atomic E-state index is 5.96. The van der Waals surface area contributed by atoms with E-state index in [2.05, 4.69) is 39.9 Å². The van der Waals surface area contributed by atoms with E-state index in [1.54, 1.807) is 42.5 Å². The van der Waals surface area contributed by atoms with Gasteiger partial charge in [-0.3, -0.25) is 0 Å². The van der Waals surface area contributed by atoms with E-state index in [0.29, 0.717) is 52.4 Å². The molecule has 0 spiro atoms. The number of hydrogen-bond acceptors (Lipinski definition) is 9. The lowest BCUT2D eigenvalue weighted by molar-refractivity contribution is 1.44. The molecule has 0 aromatic carbocycles. The molecular formula is C16H9N9. The van der Waals surface area contributed by atoms with E-state index in [4.69, 9.17) is 5.73 Å². The zero-order valence-corrected chi connectivity index (χ0v) is 12.7. The maximum Gasteiger partial charge on any atom is 0.179 e. The molecule has 0 fully saturated rings. The lowest BCUT2D eigenvalue weighted by atomic mass is 10.4. The summed E-state index contributed by atoms with van der Waals surface area (Å²) >= 11 is 0. The van der Waals surface area contributed by atoms with Gasteiger partial charge < -0.3 is 5.73 Å². The van der Waals surface area contributed by atoms with E-state index in [1.807, 2.05) is 0 Å². The number of amidine groups is 8. The van der Waals surface area contributed by atoms with Crippen LogP contribution in [0.15, 0.2) is 88.2 Å². The van der Waals surface area contributed by atoms with Gasteiger partial charge in [0.1, 0.15) is 0 Å². The lowest BCUT2D eigenvalue weighted by Gasteiger charge is -1.94. The summed E-state index contributed by atoms with van der Waals surface area (Å²) < 4.78 is 0. The predicted octanol–water partition coefficient (Wildman–Crippen LogP) is 0.754. The Morgan fingerprint density at radius 3 is 1.24 bits per heavy atom. The molecule has 2 N–H and O–H groups in total. The summed E-state index contributed by atoms with van der Waals surface area (Å²) in [5, 5.41) is 0. The quantitative estimate of drug-likeness (QED) is 0.693. The molecule has 0 aromatic rings. The van der Waals surface area contributed by atoms with Crippen LogP contribution >= 0.6 is 0 Å². The third kappa shape index (κ3) is 2.53. The molecule has 9 nitrogen and oxygen atoms in total. The topological polar surface area (TPSA) is 125 Å². The number of aliphatic imine (C=N–C) groups is 8. The van der Waals surface area contributed by atoms with Crippen molar-refractivity contribution in [2.45, 2.75) is 0 Å². The Morgan fingerprint density at radius 1 is 0.440 bits per heavy atom. The highest BCUT2D eigenvalue weighted by atomic mass is 15.1. The fourth-order valence-corrected chi connectivity index (χ4v) is 2.41. The van der Waals surface area contributed by atoms with E-state index in [-0.39, 0.29) is 0 Å². The second-order valence-electron chi connectivity index (χ2n) is 5.33. The smallest absolute Gasteiger partial charge is 0.179 e. The minimum atomic E-state index is 0.362. The second-order valence-corrected chi connectivity index (χ2v) is 5.33. The summed E-state index contributed by atoms with van der Waals surface area (Å²) in [6.07, 6.45) is 12.2. The Bertz CT molecular complexity index is 1080. The monoisotopic (exact) mass is 327 g/mol. The van der Waals surface area contributed by atoms with Crippen LogP contribution in [0.2, 0.25) is 0 Å². The van der Waals surface area contributed by atoms with Crippen LogP contribution in [0.1, 0.15) is 0 Å². The molecule has 0 radical (unpaired) electrons. The maximum atomic E-state index is 5.96. The van der Waals surface area contributed by atoms with E-state index >= 15 is 0 Å². The van der Waals surface area contributed by atoms with Gasteiger partial charge in [-0.1, -0.05) is 0 Å². The van der Waals surface area contributed by atoms with Crippen molar-refractivity contribution in [3.8, 4) is 0 Å². The Kier molecular flexibility index (Phi) is 2.74. The third-order valence-electron chi connectivity index (χ3n) is 3.50. The summed E-state index contributed by atoms with van der Waals surface area (Å²) in [4.78, 5) is 34.7. The van der Waals surface area contributed by atoms with Gasteiger partial charge in [-0.05, 0) is 36.5 Å². The van der Waals surface area contributed by atoms with E-state index < -0.39 is 0 Å². The standard InChI is InChI=1S/C16H9N9/c17-8-7-15-23-13-4-3-11(21-13)19-9-1-2-10(18-9)20-12-5-6-14(22-12)24-16(8)25-15/h1-7H,17H2. The number of rotatable bonds is 0. The molecule has 0 saturated carbocycles. The molecule has 0 aliphatic carbocycles. The summed E-state index contributed by atoms with van der Waals surface area (Å²) in [6, 6.07) is 0. The van der Waals surface area contributed by atoms with Crippen molar-refractivity contribution < 1.29 is 0 Å². The van der Waals surface area contributed by atoms with Gasteiger partial charge in [0.2, 0.25) is 0 Å². The molecule has 0 unspecified atom stereocenters. The molecule has 5 rings (SSSR count). The zero-order valence-electron chi connectivity index (χ0n) is 12.7. The first-order valence-electron chi connectivity index (χ1n) is 7.43. The molecular weight excluding hydrogens is 318 g/mol. The van der Waals surface area contributed by atoms with Gasteiger partial charge in [-0.25, -0.2) is 39.9 Å². The molecule has 25 heavy (non-hydrogen) atoms. The average Bonchev–Trinajstić information content (AvgIpc) is 3.33. The van der Waals surface area contributed by atoms with Crippen LogP contribution in [-0.2, 0) is 0 Å². The molecule has 8 bridgehead atoms. The fourth-order valence-electron chi connectivity index (χ4n) is 2.41. The predicted molar refractivity (Wildman–Crippen MR) is 99.2 cm³/mol.